The average molecular weight is 414 g/mol. The molecule has 2 aromatic rings. The van der Waals surface area contributed by atoms with Crippen molar-refractivity contribution in [2.75, 3.05) is 10.6 Å². The Morgan fingerprint density at radius 1 is 0.931 bits per heavy atom. The predicted molar refractivity (Wildman–Crippen MR) is 111 cm³/mol. The number of nitrogens with one attached hydrogen (secondary N) is 3. The van der Waals surface area contributed by atoms with E-state index in [0.29, 0.717) is 16.9 Å². The SMILES string of the molecule is CC(C)C(=O)Nc1cccc(NC(=O)[C@H](C)N=C2NS(=O)(=O)c3ccccc32)c1. The van der Waals surface area contributed by atoms with Gasteiger partial charge >= 0.3 is 0 Å². The number of hydrogen-bond acceptors (Lipinski definition) is 5. The van der Waals surface area contributed by atoms with E-state index < -0.39 is 22.0 Å². The lowest BCUT2D eigenvalue weighted by Crippen LogP contribution is -2.29. The molecule has 29 heavy (non-hydrogen) atoms. The fourth-order valence-corrected chi connectivity index (χ4v) is 3.93. The lowest BCUT2D eigenvalue weighted by atomic mass is 10.2. The van der Waals surface area contributed by atoms with Crippen LogP contribution in [0.15, 0.2) is 58.4 Å². The fourth-order valence-electron chi connectivity index (χ4n) is 2.69. The first kappa shape index (κ1) is 20.5. The molecule has 0 fully saturated rings. The molecule has 1 aliphatic heterocycles. The second kappa shape index (κ2) is 8.04. The number of carbonyl (C=O) groups excluding carboxylic acids is 2. The van der Waals surface area contributed by atoms with Crippen molar-refractivity contribution in [1.82, 2.24) is 4.72 Å². The Bertz CT molecular complexity index is 1090. The Hall–Kier alpha value is -3.20. The van der Waals surface area contributed by atoms with E-state index in [2.05, 4.69) is 20.3 Å². The van der Waals surface area contributed by atoms with Gasteiger partial charge in [0.25, 0.3) is 10.0 Å². The molecule has 8 nitrogen and oxygen atoms in total. The summed E-state index contributed by atoms with van der Waals surface area (Å²) in [6.45, 7) is 5.15. The topological polar surface area (TPSA) is 117 Å². The number of carbonyl (C=O) groups is 2. The van der Waals surface area contributed by atoms with Crippen LogP contribution in [-0.2, 0) is 19.6 Å². The smallest absolute Gasteiger partial charge is 0.263 e. The van der Waals surface area contributed by atoms with Crippen LogP contribution in [0.1, 0.15) is 26.3 Å². The molecule has 1 atom stereocenters. The van der Waals surface area contributed by atoms with Gasteiger partial charge in [0.2, 0.25) is 11.8 Å². The van der Waals surface area contributed by atoms with Crippen LogP contribution in [0.3, 0.4) is 0 Å². The molecule has 3 N–H and O–H groups in total. The normalized spacial score (nSPS) is 16.8. The first-order valence-electron chi connectivity index (χ1n) is 9.09. The number of anilines is 2. The maximum atomic E-state index is 12.5. The van der Waals surface area contributed by atoms with Crippen LogP contribution in [0.25, 0.3) is 0 Å². The van der Waals surface area contributed by atoms with Crippen LogP contribution in [-0.4, -0.2) is 32.1 Å². The van der Waals surface area contributed by atoms with Crippen LogP contribution in [0.4, 0.5) is 11.4 Å². The van der Waals surface area contributed by atoms with Gasteiger partial charge in [0.1, 0.15) is 11.9 Å². The zero-order valence-electron chi connectivity index (χ0n) is 16.3. The number of amides is 2. The molecule has 2 amide bonds. The van der Waals surface area contributed by atoms with Crippen molar-refractivity contribution in [3.63, 3.8) is 0 Å². The molecule has 0 saturated heterocycles. The van der Waals surface area contributed by atoms with Crippen LogP contribution >= 0.6 is 0 Å². The summed E-state index contributed by atoms with van der Waals surface area (Å²) in [5, 5.41) is 5.50. The lowest BCUT2D eigenvalue weighted by Gasteiger charge is -2.12. The van der Waals surface area contributed by atoms with Gasteiger partial charge < -0.3 is 10.6 Å². The summed E-state index contributed by atoms with van der Waals surface area (Å²) < 4.78 is 26.7. The first-order chi connectivity index (χ1) is 13.7. The minimum atomic E-state index is -3.66. The Morgan fingerprint density at radius 2 is 1.55 bits per heavy atom. The van der Waals surface area contributed by atoms with Crippen molar-refractivity contribution >= 4 is 39.0 Å². The molecule has 1 aliphatic rings. The molecule has 0 radical (unpaired) electrons. The van der Waals surface area contributed by atoms with Crippen LogP contribution in [0.5, 0.6) is 0 Å². The summed E-state index contributed by atoms with van der Waals surface area (Å²) in [5.41, 5.74) is 1.50. The maximum absolute atomic E-state index is 12.5. The summed E-state index contributed by atoms with van der Waals surface area (Å²) in [4.78, 5) is 28.7. The zero-order valence-corrected chi connectivity index (χ0v) is 17.1. The van der Waals surface area contributed by atoms with Gasteiger partial charge in [0.05, 0.1) is 4.90 Å². The molecular formula is C20H22N4O4S. The molecule has 152 valence electrons. The summed E-state index contributed by atoms with van der Waals surface area (Å²) in [6.07, 6.45) is 0. The summed E-state index contributed by atoms with van der Waals surface area (Å²) in [5.74, 6) is -0.558. The second-order valence-electron chi connectivity index (χ2n) is 6.97. The van der Waals surface area contributed by atoms with Crippen molar-refractivity contribution in [2.45, 2.75) is 31.7 Å². The van der Waals surface area contributed by atoms with Gasteiger partial charge in [-0.15, -0.1) is 0 Å². The molecule has 0 spiro atoms. The highest BCUT2D eigenvalue weighted by Gasteiger charge is 2.31. The Labute approximate surface area is 169 Å². The number of hydrogen-bond donors (Lipinski definition) is 3. The quantitative estimate of drug-likeness (QED) is 0.696. The molecule has 0 bridgehead atoms. The van der Waals surface area contributed by atoms with E-state index in [1.807, 2.05) is 0 Å². The van der Waals surface area contributed by atoms with Crippen LogP contribution in [0.2, 0.25) is 0 Å². The minimum Gasteiger partial charge on any atom is -0.326 e. The van der Waals surface area contributed by atoms with E-state index in [1.165, 1.54) is 6.07 Å². The van der Waals surface area contributed by atoms with Crippen LogP contribution < -0.4 is 15.4 Å². The summed E-state index contributed by atoms with van der Waals surface area (Å²) in [7, 11) is -3.66. The lowest BCUT2D eigenvalue weighted by molar-refractivity contribution is -0.119. The van der Waals surface area contributed by atoms with Crippen molar-refractivity contribution in [3.05, 3.63) is 54.1 Å². The molecule has 1 heterocycles. The van der Waals surface area contributed by atoms with Crippen molar-refractivity contribution < 1.29 is 18.0 Å². The van der Waals surface area contributed by atoms with E-state index >= 15 is 0 Å². The van der Waals surface area contributed by atoms with Gasteiger partial charge in [-0.05, 0) is 37.3 Å². The number of sulfonamides is 1. The van der Waals surface area contributed by atoms with E-state index in [9.17, 15) is 18.0 Å². The second-order valence-corrected chi connectivity index (χ2v) is 8.62. The van der Waals surface area contributed by atoms with Gasteiger partial charge in [-0.25, -0.2) is 8.42 Å². The van der Waals surface area contributed by atoms with E-state index in [4.69, 9.17) is 0 Å². The summed E-state index contributed by atoms with van der Waals surface area (Å²) >= 11 is 0. The molecule has 0 aromatic heterocycles. The highest BCUT2D eigenvalue weighted by atomic mass is 32.2. The van der Waals surface area contributed by atoms with Gasteiger partial charge in [0.15, 0.2) is 0 Å². The molecule has 9 heteroatoms. The van der Waals surface area contributed by atoms with Crippen LogP contribution in [0, 0.1) is 5.92 Å². The number of nitrogens with zero attached hydrogens (tertiary/aromatic N) is 1. The number of rotatable bonds is 5. The van der Waals surface area contributed by atoms with Gasteiger partial charge in [-0.1, -0.05) is 32.0 Å². The van der Waals surface area contributed by atoms with Crippen molar-refractivity contribution in [2.24, 2.45) is 10.9 Å². The highest BCUT2D eigenvalue weighted by molar-refractivity contribution is 7.90. The number of amidine groups is 1. The molecule has 0 unspecified atom stereocenters. The molecule has 0 saturated carbocycles. The third kappa shape index (κ3) is 4.62. The van der Waals surface area contributed by atoms with E-state index in [-0.39, 0.29) is 22.6 Å². The Morgan fingerprint density at radius 3 is 2.21 bits per heavy atom. The molecule has 3 rings (SSSR count). The average Bonchev–Trinajstić information content (AvgIpc) is 2.92. The monoisotopic (exact) mass is 414 g/mol. The molecule has 2 aromatic carbocycles. The molecular weight excluding hydrogens is 392 g/mol. The number of aliphatic imine (C=N–C) groups is 1. The minimum absolute atomic E-state index is 0.125. The fraction of sp³-hybridized carbons (Fsp3) is 0.250. The largest absolute Gasteiger partial charge is 0.326 e. The van der Waals surface area contributed by atoms with Gasteiger partial charge in [-0.3, -0.25) is 19.3 Å². The number of fused-ring (bicyclic) bond motifs is 1. The van der Waals surface area contributed by atoms with E-state index in [1.54, 1.807) is 63.2 Å². The van der Waals surface area contributed by atoms with E-state index in [0.717, 1.165) is 0 Å². The maximum Gasteiger partial charge on any atom is 0.263 e. The van der Waals surface area contributed by atoms with Crippen molar-refractivity contribution in [3.8, 4) is 0 Å². The van der Waals surface area contributed by atoms with Gasteiger partial charge in [-0.2, -0.15) is 0 Å². The predicted octanol–water partition coefficient (Wildman–Crippen LogP) is 2.35. The highest BCUT2D eigenvalue weighted by Crippen LogP contribution is 2.23. The number of benzene rings is 2. The Kier molecular flexibility index (Phi) is 5.69. The van der Waals surface area contributed by atoms with Crippen molar-refractivity contribution in [1.29, 1.82) is 0 Å². The third-order valence-corrected chi connectivity index (χ3v) is 5.68. The molecule has 0 aliphatic carbocycles. The summed E-state index contributed by atoms with van der Waals surface area (Å²) in [6, 6.07) is 12.4. The zero-order chi connectivity index (χ0) is 21.2. The Balaban J connectivity index is 1.74. The van der Waals surface area contributed by atoms with Gasteiger partial charge in [0, 0.05) is 22.9 Å². The first-order valence-corrected chi connectivity index (χ1v) is 10.6. The standard InChI is InChI=1S/C20H22N4O4S/c1-12(2)19(25)22-14-7-6-8-15(11-14)23-20(26)13(3)21-18-16-9-4-5-10-17(16)29(27,28)24-18/h4-13H,1-3H3,(H,21,24)(H,22,25)(H,23,26)/t13-/m0/s1. The third-order valence-electron chi connectivity index (χ3n) is 4.29.